The van der Waals surface area contributed by atoms with E-state index in [9.17, 15) is 4.79 Å². The Labute approximate surface area is 189 Å². The minimum atomic E-state index is -0.181. The van der Waals surface area contributed by atoms with Crippen molar-refractivity contribution in [3.63, 3.8) is 0 Å². The van der Waals surface area contributed by atoms with Crippen molar-refractivity contribution in [1.29, 1.82) is 0 Å². The average Bonchev–Trinajstić information content (AvgIpc) is 3.25. The molecule has 5 nitrogen and oxygen atoms in total. The third-order valence-electron chi connectivity index (χ3n) is 5.67. The van der Waals surface area contributed by atoms with Crippen LogP contribution in [0.4, 0.5) is 10.5 Å². The van der Waals surface area contributed by atoms with Gasteiger partial charge in [0, 0.05) is 18.7 Å². The fourth-order valence-electron chi connectivity index (χ4n) is 3.86. The summed E-state index contributed by atoms with van der Waals surface area (Å²) in [5, 5.41) is 7.38. The van der Waals surface area contributed by atoms with Crippen molar-refractivity contribution in [2.24, 2.45) is 5.16 Å². The van der Waals surface area contributed by atoms with Gasteiger partial charge in [-0.1, -0.05) is 83.0 Å². The van der Waals surface area contributed by atoms with E-state index in [2.05, 4.69) is 47.7 Å². The molecule has 0 fully saturated rings. The second-order valence-corrected chi connectivity index (χ2v) is 8.45. The molecule has 4 rings (SSSR count). The highest BCUT2D eigenvalue weighted by Gasteiger charge is 2.27. The number of carbonyl (C=O) groups is 1. The number of hydrogen-bond donors (Lipinski definition) is 1. The third kappa shape index (κ3) is 5.35. The topological polar surface area (TPSA) is 53.9 Å². The van der Waals surface area contributed by atoms with Gasteiger partial charge in [0.05, 0.1) is 12.3 Å². The monoisotopic (exact) mass is 427 g/mol. The molecule has 2 amide bonds. The van der Waals surface area contributed by atoms with Gasteiger partial charge in [0.15, 0.2) is 6.10 Å². The maximum atomic E-state index is 13.3. The molecule has 1 atom stereocenters. The van der Waals surface area contributed by atoms with Crippen LogP contribution in [0.3, 0.4) is 0 Å². The molecule has 0 bridgehead atoms. The van der Waals surface area contributed by atoms with Crippen LogP contribution in [-0.2, 0) is 11.4 Å². The van der Waals surface area contributed by atoms with Gasteiger partial charge in [-0.15, -0.1) is 0 Å². The number of benzene rings is 3. The summed E-state index contributed by atoms with van der Waals surface area (Å²) in [6.07, 6.45) is 0.491. The standard InChI is InChI=1S/C27H29N3O2/c1-19-9-12-23(13-10-19)26-16-24(32-29-26)18-30(17-22-7-5-4-6-8-22)27(31)28-25-14-11-20(2)15-21(25)3/h4-15,24H,16-18H2,1-3H3,(H,28,31)/t24-/m1/s1. The van der Waals surface area contributed by atoms with Crippen molar-refractivity contribution in [2.75, 3.05) is 11.9 Å². The maximum Gasteiger partial charge on any atom is 0.322 e. The molecular formula is C27H29N3O2. The molecule has 3 aromatic rings. The van der Waals surface area contributed by atoms with Crippen LogP contribution in [0.5, 0.6) is 0 Å². The molecule has 1 heterocycles. The molecule has 0 unspecified atom stereocenters. The predicted octanol–water partition coefficient (Wildman–Crippen LogP) is 5.84. The largest absolute Gasteiger partial charge is 0.390 e. The van der Waals surface area contributed by atoms with Crippen molar-refractivity contribution >= 4 is 17.4 Å². The first-order chi connectivity index (χ1) is 15.5. The van der Waals surface area contributed by atoms with E-state index in [1.807, 2.05) is 56.3 Å². The molecular weight excluding hydrogens is 398 g/mol. The molecule has 1 aliphatic rings. The van der Waals surface area contributed by atoms with Crippen LogP contribution in [0.15, 0.2) is 78.0 Å². The summed E-state index contributed by atoms with van der Waals surface area (Å²) in [5.41, 5.74) is 7.30. The zero-order valence-electron chi connectivity index (χ0n) is 18.8. The minimum Gasteiger partial charge on any atom is -0.390 e. The summed E-state index contributed by atoms with van der Waals surface area (Å²) in [6.45, 7) is 7.06. The fraction of sp³-hybridized carbons (Fsp3) is 0.259. The van der Waals surface area contributed by atoms with Crippen LogP contribution >= 0.6 is 0 Å². The zero-order valence-corrected chi connectivity index (χ0v) is 18.8. The average molecular weight is 428 g/mol. The quantitative estimate of drug-likeness (QED) is 0.537. The number of anilines is 1. The van der Waals surface area contributed by atoms with E-state index < -0.39 is 0 Å². The fourth-order valence-corrected chi connectivity index (χ4v) is 3.86. The second kappa shape index (κ2) is 9.69. The van der Waals surface area contributed by atoms with Gasteiger partial charge in [0.1, 0.15) is 0 Å². The Hall–Kier alpha value is -3.60. The lowest BCUT2D eigenvalue weighted by atomic mass is 10.0. The van der Waals surface area contributed by atoms with Crippen LogP contribution in [0.2, 0.25) is 0 Å². The van der Waals surface area contributed by atoms with Crippen LogP contribution in [0, 0.1) is 20.8 Å². The van der Waals surface area contributed by atoms with Gasteiger partial charge in [0.25, 0.3) is 0 Å². The van der Waals surface area contributed by atoms with Gasteiger partial charge in [-0.3, -0.25) is 0 Å². The number of carbonyl (C=O) groups excluding carboxylic acids is 1. The van der Waals surface area contributed by atoms with E-state index in [-0.39, 0.29) is 12.1 Å². The number of oxime groups is 1. The molecule has 3 aromatic carbocycles. The molecule has 1 N–H and O–H groups in total. The number of rotatable bonds is 6. The Balaban J connectivity index is 1.47. The first kappa shape index (κ1) is 21.6. The second-order valence-electron chi connectivity index (χ2n) is 8.45. The Morgan fingerprint density at radius 1 is 1.00 bits per heavy atom. The molecule has 0 aliphatic carbocycles. The SMILES string of the molecule is Cc1ccc(C2=NO[C@@H](CN(Cc3ccccc3)C(=O)Nc3ccc(C)cc3C)C2)cc1. The molecule has 0 aromatic heterocycles. The summed E-state index contributed by atoms with van der Waals surface area (Å²) in [5.74, 6) is 0. The van der Waals surface area contributed by atoms with E-state index in [0.717, 1.165) is 28.1 Å². The summed E-state index contributed by atoms with van der Waals surface area (Å²) >= 11 is 0. The highest BCUT2D eigenvalue weighted by molar-refractivity contribution is 6.01. The summed E-state index contributed by atoms with van der Waals surface area (Å²) < 4.78 is 0. The smallest absolute Gasteiger partial charge is 0.322 e. The van der Waals surface area contributed by atoms with Crippen molar-refractivity contribution < 1.29 is 9.63 Å². The van der Waals surface area contributed by atoms with Crippen molar-refractivity contribution in [2.45, 2.75) is 39.8 Å². The van der Waals surface area contributed by atoms with Gasteiger partial charge in [0.2, 0.25) is 0 Å². The highest BCUT2D eigenvalue weighted by Crippen LogP contribution is 2.21. The van der Waals surface area contributed by atoms with Crippen molar-refractivity contribution in [3.8, 4) is 0 Å². The van der Waals surface area contributed by atoms with Crippen molar-refractivity contribution in [1.82, 2.24) is 4.90 Å². The van der Waals surface area contributed by atoms with E-state index in [4.69, 9.17) is 4.84 Å². The van der Waals surface area contributed by atoms with E-state index in [1.54, 1.807) is 4.90 Å². The molecule has 1 aliphatic heterocycles. The Morgan fingerprint density at radius 3 is 2.44 bits per heavy atom. The first-order valence-corrected chi connectivity index (χ1v) is 10.9. The van der Waals surface area contributed by atoms with Gasteiger partial charge in [-0.2, -0.15) is 0 Å². The van der Waals surface area contributed by atoms with Gasteiger partial charge < -0.3 is 15.1 Å². The minimum absolute atomic E-state index is 0.145. The molecule has 0 radical (unpaired) electrons. The van der Waals surface area contributed by atoms with Gasteiger partial charge in [-0.05, 0) is 43.5 Å². The normalized spacial score (nSPS) is 15.1. The van der Waals surface area contributed by atoms with Gasteiger partial charge >= 0.3 is 6.03 Å². The van der Waals surface area contributed by atoms with Crippen LogP contribution < -0.4 is 5.32 Å². The number of nitrogens with zero attached hydrogens (tertiary/aromatic N) is 2. The maximum absolute atomic E-state index is 13.3. The molecule has 5 heteroatoms. The number of amides is 2. The lowest BCUT2D eigenvalue weighted by Crippen LogP contribution is -2.40. The highest BCUT2D eigenvalue weighted by atomic mass is 16.6. The van der Waals surface area contributed by atoms with Crippen LogP contribution in [0.25, 0.3) is 0 Å². The molecule has 0 saturated carbocycles. The number of hydrogen-bond acceptors (Lipinski definition) is 3. The summed E-state index contributed by atoms with van der Waals surface area (Å²) in [7, 11) is 0. The Bertz CT molecular complexity index is 1110. The molecule has 0 saturated heterocycles. The van der Waals surface area contributed by atoms with E-state index in [1.165, 1.54) is 11.1 Å². The summed E-state index contributed by atoms with van der Waals surface area (Å²) in [6, 6.07) is 24.2. The van der Waals surface area contributed by atoms with Crippen molar-refractivity contribution in [3.05, 3.63) is 101 Å². The first-order valence-electron chi connectivity index (χ1n) is 10.9. The summed E-state index contributed by atoms with van der Waals surface area (Å²) in [4.78, 5) is 20.8. The van der Waals surface area contributed by atoms with Crippen LogP contribution in [0.1, 0.15) is 34.2 Å². The Morgan fingerprint density at radius 2 is 1.72 bits per heavy atom. The molecule has 164 valence electrons. The Kier molecular flexibility index (Phi) is 6.55. The number of urea groups is 1. The molecule has 32 heavy (non-hydrogen) atoms. The van der Waals surface area contributed by atoms with Gasteiger partial charge in [-0.25, -0.2) is 4.79 Å². The number of nitrogens with one attached hydrogen (secondary N) is 1. The van der Waals surface area contributed by atoms with Crippen LogP contribution in [-0.4, -0.2) is 29.3 Å². The lowest BCUT2D eigenvalue weighted by Gasteiger charge is -2.25. The van der Waals surface area contributed by atoms with E-state index >= 15 is 0 Å². The lowest BCUT2D eigenvalue weighted by molar-refractivity contribution is 0.0608. The third-order valence-corrected chi connectivity index (χ3v) is 5.67. The zero-order chi connectivity index (χ0) is 22.5. The molecule has 0 spiro atoms. The van der Waals surface area contributed by atoms with E-state index in [0.29, 0.717) is 19.5 Å². The number of aryl methyl sites for hydroxylation is 3. The predicted molar refractivity (Wildman–Crippen MR) is 129 cm³/mol.